The molecule has 1 amide bonds. The Balaban J connectivity index is 1.89. The van der Waals surface area contributed by atoms with Gasteiger partial charge in [0, 0.05) is 24.0 Å². The maximum Gasteiger partial charge on any atom is 0.227 e. The molecule has 1 atom stereocenters. The molecule has 0 aromatic carbocycles. The number of amides is 1. The molecule has 0 aliphatic carbocycles. The van der Waals surface area contributed by atoms with Gasteiger partial charge >= 0.3 is 0 Å². The minimum atomic E-state index is 0.266. The Bertz CT molecular complexity index is 337. The Labute approximate surface area is 100 Å². The first kappa shape index (κ1) is 11.6. The first-order chi connectivity index (χ1) is 7.79. The molecule has 2 heterocycles. The van der Waals surface area contributed by atoms with Crippen molar-refractivity contribution < 1.29 is 4.79 Å². The molecule has 0 saturated carbocycles. The lowest BCUT2D eigenvalue weighted by Crippen LogP contribution is -2.47. The number of likely N-dealkylation sites (N-methyl/N-ethyl adjacent to an activating group) is 1. The quantitative estimate of drug-likeness (QED) is 0.865. The van der Waals surface area contributed by atoms with Gasteiger partial charge in [0.15, 0.2) is 0 Å². The van der Waals surface area contributed by atoms with E-state index in [4.69, 9.17) is 0 Å². The molecule has 1 fully saturated rings. The zero-order valence-corrected chi connectivity index (χ0v) is 10.4. The van der Waals surface area contributed by atoms with Crippen LogP contribution in [0.5, 0.6) is 0 Å². The van der Waals surface area contributed by atoms with Crippen LogP contribution in [-0.2, 0) is 11.2 Å². The molecule has 88 valence electrons. The molecule has 0 spiro atoms. The largest absolute Gasteiger partial charge is 0.341 e. The highest BCUT2D eigenvalue weighted by atomic mass is 32.1. The van der Waals surface area contributed by atoms with Crippen LogP contribution in [0.25, 0.3) is 0 Å². The third-order valence-electron chi connectivity index (χ3n) is 3.09. The smallest absolute Gasteiger partial charge is 0.227 e. The molecule has 1 aromatic heterocycles. The molecule has 0 bridgehead atoms. The van der Waals surface area contributed by atoms with Crippen molar-refractivity contribution in [2.75, 3.05) is 20.1 Å². The Morgan fingerprint density at radius 1 is 1.69 bits per heavy atom. The maximum absolute atomic E-state index is 12.0. The van der Waals surface area contributed by atoms with Crippen LogP contribution in [0.3, 0.4) is 0 Å². The molecule has 1 N–H and O–H groups in total. The first-order valence-electron chi connectivity index (χ1n) is 5.77. The van der Waals surface area contributed by atoms with Crippen molar-refractivity contribution in [1.29, 1.82) is 0 Å². The number of carbonyl (C=O) groups excluding carboxylic acids is 1. The molecular weight excluding hydrogens is 220 g/mol. The lowest BCUT2D eigenvalue weighted by atomic mass is 10.1. The van der Waals surface area contributed by atoms with Crippen molar-refractivity contribution in [3.05, 3.63) is 22.4 Å². The highest BCUT2D eigenvalue weighted by molar-refractivity contribution is 7.10. The zero-order chi connectivity index (χ0) is 11.4. The minimum absolute atomic E-state index is 0.266. The van der Waals surface area contributed by atoms with Crippen molar-refractivity contribution in [3.8, 4) is 0 Å². The van der Waals surface area contributed by atoms with Crippen molar-refractivity contribution in [2.24, 2.45) is 0 Å². The molecular formula is C12H18N2OS. The first-order valence-corrected chi connectivity index (χ1v) is 6.65. The Kier molecular flexibility index (Phi) is 3.96. The van der Waals surface area contributed by atoms with Crippen molar-refractivity contribution in [2.45, 2.75) is 25.3 Å². The number of piperidine rings is 1. The normalized spacial score (nSPS) is 21.1. The summed E-state index contributed by atoms with van der Waals surface area (Å²) in [6.07, 6.45) is 2.86. The second kappa shape index (κ2) is 5.46. The van der Waals surface area contributed by atoms with E-state index in [9.17, 15) is 4.79 Å². The van der Waals surface area contributed by atoms with Crippen molar-refractivity contribution in [3.63, 3.8) is 0 Å². The summed E-state index contributed by atoms with van der Waals surface area (Å²) in [5.41, 5.74) is 0. The van der Waals surface area contributed by atoms with Crippen LogP contribution >= 0.6 is 11.3 Å². The SMILES string of the molecule is CNC1CCCN(C(=O)Cc2cccs2)C1. The monoisotopic (exact) mass is 238 g/mol. The summed E-state index contributed by atoms with van der Waals surface area (Å²) < 4.78 is 0. The van der Waals surface area contributed by atoms with Gasteiger partial charge in [-0.15, -0.1) is 11.3 Å². The second-order valence-electron chi connectivity index (χ2n) is 4.22. The van der Waals surface area contributed by atoms with E-state index in [1.165, 1.54) is 6.42 Å². The zero-order valence-electron chi connectivity index (χ0n) is 9.61. The van der Waals surface area contributed by atoms with Gasteiger partial charge in [-0.25, -0.2) is 0 Å². The van der Waals surface area contributed by atoms with Crippen LogP contribution in [-0.4, -0.2) is 37.0 Å². The molecule has 0 radical (unpaired) electrons. The lowest BCUT2D eigenvalue weighted by Gasteiger charge is -2.32. The maximum atomic E-state index is 12.0. The fourth-order valence-corrected chi connectivity index (χ4v) is 2.81. The van der Waals surface area contributed by atoms with Crippen LogP contribution < -0.4 is 5.32 Å². The minimum Gasteiger partial charge on any atom is -0.341 e. The third kappa shape index (κ3) is 2.83. The summed E-state index contributed by atoms with van der Waals surface area (Å²) in [7, 11) is 1.97. The molecule has 1 aliphatic rings. The fraction of sp³-hybridized carbons (Fsp3) is 0.583. The van der Waals surface area contributed by atoms with Crippen molar-refractivity contribution >= 4 is 17.2 Å². The average Bonchev–Trinajstić information content (AvgIpc) is 2.82. The molecule has 3 nitrogen and oxygen atoms in total. The van der Waals surface area contributed by atoms with Crippen LogP contribution in [0, 0.1) is 0 Å². The average molecular weight is 238 g/mol. The van der Waals surface area contributed by atoms with Gasteiger partial charge in [0.2, 0.25) is 5.91 Å². The molecule has 1 aromatic rings. The van der Waals surface area contributed by atoms with E-state index in [1.54, 1.807) is 11.3 Å². The Morgan fingerprint density at radius 2 is 2.56 bits per heavy atom. The van der Waals surface area contributed by atoms with Crippen LogP contribution in [0.4, 0.5) is 0 Å². The highest BCUT2D eigenvalue weighted by Crippen LogP contribution is 2.14. The molecule has 16 heavy (non-hydrogen) atoms. The van der Waals surface area contributed by atoms with Gasteiger partial charge in [0.1, 0.15) is 0 Å². The van der Waals surface area contributed by atoms with Gasteiger partial charge in [0.05, 0.1) is 6.42 Å². The molecule has 1 saturated heterocycles. The Hall–Kier alpha value is -0.870. The molecule has 1 unspecified atom stereocenters. The third-order valence-corrected chi connectivity index (χ3v) is 3.96. The van der Waals surface area contributed by atoms with E-state index in [0.717, 1.165) is 24.4 Å². The van der Waals surface area contributed by atoms with Crippen LogP contribution in [0.15, 0.2) is 17.5 Å². The van der Waals surface area contributed by atoms with E-state index >= 15 is 0 Å². The lowest BCUT2D eigenvalue weighted by molar-refractivity contribution is -0.131. The van der Waals surface area contributed by atoms with Gasteiger partial charge < -0.3 is 10.2 Å². The number of nitrogens with zero attached hydrogens (tertiary/aromatic N) is 1. The Morgan fingerprint density at radius 3 is 3.25 bits per heavy atom. The topological polar surface area (TPSA) is 32.3 Å². The van der Waals surface area contributed by atoms with Crippen LogP contribution in [0.2, 0.25) is 0 Å². The summed E-state index contributed by atoms with van der Waals surface area (Å²) in [4.78, 5) is 15.2. The molecule has 4 heteroatoms. The van der Waals surface area contributed by atoms with Gasteiger partial charge in [-0.05, 0) is 31.3 Å². The standard InChI is InChI=1S/C12H18N2OS/c1-13-10-4-2-6-14(9-10)12(15)8-11-5-3-7-16-11/h3,5,7,10,13H,2,4,6,8-9H2,1H3. The number of rotatable bonds is 3. The van der Waals surface area contributed by atoms with E-state index < -0.39 is 0 Å². The van der Waals surface area contributed by atoms with Crippen molar-refractivity contribution in [1.82, 2.24) is 10.2 Å². The predicted octanol–water partition coefficient (Wildman–Crippen LogP) is 1.50. The van der Waals surface area contributed by atoms with E-state index in [0.29, 0.717) is 12.5 Å². The van der Waals surface area contributed by atoms with Gasteiger partial charge in [-0.2, -0.15) is 0 Å². The predicted molar refractivity (Wildman–Crippen MR) is 66.7 cm³/mol. The number of thiophene rings is 1. The summed E-state index contributed by atoms with van der Waals surface area (Å²) in [6, 6.07) is 4.50. The highest BCUT2D eigenvalue weighted by Gasteiger charge is 2.22. The summed E-state index contributed by atoms with van der Waals surface area (Å²) in [6.45, 7) is 1.78. The van der Waals surface area contributed by atoms with Gasteiger partial charge in [-0.3, -0.25) is 4.79 Å². The molecule has 1 aliphatic heterocycles. The van der Waals surface area contributed by atoms with Gasteiger partial charge in [-0.1, -0.05) is 6.07 Å². The summed E-state index contributed by atoms with van der Waals surface area (Å²) in [5.74, 6) is 0.266. The molecule has 2 rings (SSSR count). The number of hydrogen-bond acceptors (Lipinski definition) is 3. The second-order valence-corrected chi connectivity index (χ2v) is 5.26. The summed E-state index contributed by atoms with van der Waals surface area (Å²) in [5, 5.41) is 5.28. The number of nitrogens with one attached hydrogen (secondary N) is 1. The summed E-state index contributed by atoms with van der Waals surface area (Å²) >= 11 is 1.66. The van der Waals surface area contributed by atoms with E-state index in [1.807, 2.05) is 29.5 Å². The number of hydrogen-bond donors (Lipinski definition) is 1. The fourth-order valence-electron chi connectivity index (χ4n) is 2.11. The number of carbonyl (C=O) groups is 1. The number of likely N-dealkylation sites (tertiary alicyclic amines) is 1. The van der Waals surface area contributed by atoms with E-state index in [-0.39, 0.29) is 5.91 Å². The van der Waals surface area contributed by atoms with Gasteiger partial charge in [0.25, 0.3) is 0 Å². The van der Waals surface area contributed by atoms with Crippen LogP contribution in [0.1, 0.15) is 17.7 Å². The van der Waals surface area contributed by atoms with E-state index in [2.05, 4.69) is 5.32 Å².